The van der Waals surface area contributed by atoms with Crippen molar-refractivity contribution in [1.29, 1.82) is 5.26 Å². The molecule has 0 aliphatic carbocycles. The van der Waals surface area contributed by atoms with Crippen LogP contribution in [0.25, 0.3) is 0 Å². The van der Waals surface area contributed by atoms with Crippen LogP contribution in [0.2, 0.25) is 0 Å². The Bertz CT molecular complexity index is 456. The SMILES string of the molecule is N#Cc1ccc(CCC(=O)NCC2CCCO2)cc1. The number of hydrogen-bond donors (Lipinski definition) is 1. The number of hydrogen-bond acceptors (Lipinski definition) is 3. The second kappa shape index (κ2) is 6.91. The van der Waals surface area contributed by atoms with Crippen LogP contribution >= 0.6 is 0 Å². The van der Waals surface area contributed by atoms with Gasteiger partial charge in [-0.05, 0) is 37.0 Å². The molecule has 1 atom stereocenters. The molecule has 1 aromatic rings. The predicted octanol–water partition coefficient (Wildman–Crippen LogP) is 1.79. The molecule has 0 aromatic heterocycles. The molecule has 0 spiro atoms. The molecule has 1 unspecified atom stereocenters. The molecule has 4 nitrogen and oxygen atoms in total. The van der Waals surface area contributed by atoms with Gasteiger partial charge in [-0.1, -0.05) is 12.1 Å². The molecule has 4 heteroatoms. The van der Waals surface area contributed by atoms with Gasteiger partial charge in [0.05, 0.1) is 17.7 Å². The van der Waals surface area contributed by atoms with Gasteiger partial charge in [-0.25, -0.2) is 0 Å². The molecule has 100 valence electrons. The van der Waals surface area contributed by atoms with Gasteiger partial charge in [0.1, 0.15) is 0 Å². The molecule has 1 saturated heterocycles. The van der Waals surface area contributed by atoms with E-state index in [1.165, 1.54) is 0 Å². The second-order valence-electron chi connectivity index (χ2n) is 4.75. The Balaban J connectivity index is 1.69. The van der Waals surface area contributed by atoms with Crippen LogP contribution in [-0.4, -0.2) is 25.2 Å². The summed E-state index contributed by atoms with van der Waals surface area (Å²) in [6.07, 6.45) is 3.49. The summed E-state index contributed by atoms with van der Waals surface area (Å²) >= 11 is 0. The zero-order valence-electron chi connectivity index (χ0n) is 10.9. The van der Waals surface area contributed by atoms with Crippen molar-refractivity contribution >= 4 is 5.91 Å². The highest BCUT2D eigenvalue weighted by molar-refractivity contribution is 5.76. The highest BCUT2D eigenvalue weighted by Crippen LogP contribution is 2.11. The van der Waals surface area contributed by atoms with Gasteiger partial charge in [0, 0.05) is 19.6 Å². The molecule has 1 aliphatic heterocycles. The van der Waals surface area contributed by atoms with Crippen LogP contribution in [0.15, 0.2) is 24.3 Å². The van der Waals surface area contributed by atoms with E-state index in [0.717, 1.165) is 25.0 Å². The minimum absolute atomic E-state index is 0.0554. The molecule has 19 heavy (non-hydrogen) atoms. The van der Waals surface area contributed by atoms with E-state index < -0.39 is 0 Å². The minimum atomic E-state index is 0.0554. The molecule has 1 heterocycles. The number of nitriles is 1. The summed E-state index contributed by atoms with van der Waals surface area (Å²) in [7, 11) is 0. The summed E-state index contributed by atoms with van der Waals surface area (Å²) in [4.78, 5) is 11.7. The fourth-order valence-electron chi connectivity index (χ4n) is 2.13. The maximum absolute atomic E-state index is 11.7. The lowest BCUT2D eigenvalue weighted by Crippen LogP contribution is -2.31. The number of nitrogens with zero attached hydrogens (tertiary/aromatic N) is 1. The quantitative estimate of drug-likeness (QED) is 0.875. The van der Waals surface area contributed by atoms with Gasteiger partial charge in [-0.15, -0.1) is 0 Å². The maximum atomic E-state index is 11.7. The molecule has 1 N–H and O–H groups in total. The zero-order chi connectivity index (χ0) is 13.5. The van der Waals surface area contributed by atoms with Crippen LogP contribution < -0.4 is 5.32 Å². The molecule has 1 fully saturated rings. The van der Waals surface area contributed by atoms with Crippen molar-refractivity contribution in [2.24, 2.45) is 0 Å². The molecule has 0 bridgehead atoms. The highest BCUT2D eigenvalue weighted by atomic mass is 16.5. The molecule has 1 amide bonds. The number of carbonyl (C=O) groups excluding carboxylic acids is 1. The molecule has 1 aromatic carbocycles. The van der Waals surface area contributed by atoms with Crippen molar-refractivity contribution in [2.75, 3.05) is 13.2 Å². The normalized spacial score (nSPS) is 17.9. The predicted molar refractivity (Wildman–Crippen MR) is 71.5 cm³/mol. The van der Waals surface area contributed by atoms with Crippen molar-refractivity contribution in [3.05, 3.63) is 35.4 Å². The van der Waals surface area contributed by atoms with E-state index in [9.17, 15) is 4.79 Å². The Hall–Kier alpha value is -1.86. The standard InChI is InChI=1S/C15H18N2O2/c16-10-13-5-3-12(4-6-13)7-8-15(18)17-11-14-2-1-9-19-14/h3-6,14H,1-2,7-9,11H2,(H,17,18). The Labute approximate surface area is 113 Å². The topological polar surface area (TPSA) is 62.1 Å². The average molecular weight is 258 g/mol. The third kappa shape index (κ3) is 4.38. The van der Waals surface area contributed by atoms with Gasteiger partial charge < -0.3 is 10.1 Å². The highest BCUT2D eigenvalue weighted by Gasteiger charge is 2.15. The van der Waals surface area contributed by atoms with Crippen LogP contribution in [-0.2, 0) is 16.0 Å². The number of nitrogens with one attached hydrogen (secondary N) is 1. The molecule has 1 aliphatic rings. The first-order valence-corrected chi connectivity index (χ1v) is 6.65. The molecule has 0 saturated carbocycles. The van der Waals surface area contributed by atoms with E-state index in [0.29, 0.717) is 24.9 Å². The lowest BCUT2D eigenvalue weighted by Gasteiger charge is -2.10. The summed E-state index contributed by atoms with van der Waals surface area (Å²) in [5.74, 6) is 0.0554. The van der Waals surface area contributed by atoms with Crippen LogP contribution in [0, 0.1) is 11.3 Å². The Morgan fingerprint density at radius 1 is 1.42 bits per heavy atom. The van der Waals surface area contributed by atoms with Crippen LogP contribution in [0.5, 0.6) is 0 Å². The van der Waals surface area contributed by atoms with Crippen LogP contribution in [0.3, 0.4) is 0 Å². The smallest absolute Gasteiger partial charge is 0.220 e. The summed E-state index contributed by atoms with van der Waals surface area (Å²) in [5.41, 5.74) is 1.72. The van der Waals surface area contributed by atoms with E-state index in [4.69, 9.17) is 10.00 Å². The van der Waals surface area contributed by atoms with Gasteiger partial charge in [0.2, 0.25) is 5.91 Å². The number of ether oxygens (including phenoxy) is 1. The fourth-order valence-corrected chi connectivity index (χ4v) is 2.13. The maximum Gasteiger partial charge on any atom is 0.220 e. The van der Waals surface area contributed by atoms with Crippen molar-refractivity contribution in [1.82, 2.24) is 5.32 Å². The molecular formula is C15H18N2O2. The first-order chi connectivity index (χ1) is 9.28. The van der Waals surface area contributed by atoms with Crippen molar-refractivity contribution < 1.29 is 9.53 Å². The first-order valence-electron chi connectivity index (χ1n) is 6.65. The van der Waals surface area contributed by atoms with Gasteiger partial charge >= 0.3 is 0 Å². The average Bonchev–Trinajstić information content (AvgIpc) is 2.96. The third-order valence-corrected chi connectivity index (χ3v) is 3.27. The lowest BCUT2D eigenvalue weighted by molar-refractivity contribution is -0.121. The van der Waals surface area contributed by atoms with E-state index in [1.807, 2.05) is 12.1 Å². The van der Waals surface area contributed by atoms with E-state index in [1.54, 1.807) is 12.1 Å². The van der Waals surface area contributed by atoms with Gasteiger partial charge in [0.15, 0.2) is 0 Å². The van der Waals surface area contributed by atoms with Crippen LogP contribution in [0.1, 0.15) is 30.4 Å². The van der Waals surface area contributed by atoms with Gasteiger partial charge in [-0.3, -0.25) is 4.79 Å². The molecule has 0 radical (unpaired) electrons. The number of amides is 1. The summed E-state index contributed by atoms with van der Waals surface area (Å²) < 4.78 is 5.45. The summed E-state index contributed by atoms with van der Waals surface area (Å²) in [6.45, 7) is 1.43. The van der Waals surface area contributed by atoms with Crippen molar-refractivity contribution in [2.45, 2.75) is 31.8 Å². The zero-order valence-corrected chi connectivity index (χ0v) is 10.9. The number of rotatable bonds is 5. The van der Waals surface area contributed by atoms with E-state index >= 15 is 0 Å². The number of aryl methyl sites for hydroxylation is 1. The lowest BCUT2D eigenvalue weighted by atomic mass is 10.1. The summed E-state index contributed by atoms with van der Waals surface area (Å²) in [5, 5.41) is 11.6. The largest absolute Gasteiger partial charge is 0.376 e. The molecular weight excluding hydrogens is 240 g/mol. The van der Waals surface area contributed by atoms with Crippen molar-refractivity contribution in [3.63, 3.8) is 0 Å². The van der Waals surface area contributed by atoms with E-state index in [2.05, 4.69) is 11.4 Å². The fraction of sp³-hybridized carbons (Fsp3) is 0.467. The molecule has 2 rings (SSSR count). The Kier molecular flexibility index (Phi) is 4.93. The van der Waals surface area contributed by atoms with Gasteiger partial charge in [-0.2, -0.15) is 5.26 Å². The first kappa shape index (κ1) is 13.6. The van der Waals surface area contributed by atoms with Gasteiger partial charge in [0.25, 0.3) is 0 Å². The monoisotopic (exact) mass is 258 g/mol. The minimum Gasteiger partial charge on any atom is -0.376 e. The Morgan fingerprint density at radius 2 is 2.21 bits per heavy atom. The van der Waals surface area contributed by atoms with Crippen LogP contribution in [0.4, 0.5) is 0 Å². The summed E-state index contributed by atoms with van der Waals surface area (Å²) in [6, 6.07) is 9.42. The van der Waals surface area contributed by atoms with Crippen molar-refractivity contribution in [3.8, 4) is 6.07 Å². The Morgan fingerprint density at radius 3 is 2.84 bits per heavy atom. The van der Waals surface area contributed by atoms with E-state index in [-0.39, 0.29) is 12.0 Å². The number of benzene rings is 1. The second-order valence-corrected chi connectivity index (χ2v) is 4.75. The third-order valence-electron chi connectivity index (χ3n) is 3.27. The number of carbonyl (C=O) groups is 1.